The van der Waals surface area contributed by atoms with Gasteiger partial charge in [0.05, 0.1) is 4.91 Å². The van der Waals surface area contributed by atoms with Crippen LogP contribution in [0.3, 0.4) is 0 Å². The van der Waals surface area contributed by atoms with E-state index in [1.807, 2.05) is 29.6 Å². The van der Waals surface area contributed by atoms with Crippen molar-refractivity contribution in [2.75, 3.05) is 11.9 Å². The molecule has 1 aromatic heterocycles. The van der Waals surface area contributed by atoms with Crippen LogP contribution in [0, 0.1) is 0 Å². The Bertz CT molecular complexity index is 816. The molecule has 24 heavy (non-hydrogen) atoms. The van der Waals surface area contributed by atoms with Crippen molar-refractivity contribution < 1.29 is 9.59 Å². The van der Waals surface area contributed by atoms with Crippen LogP contribution >= 0.6 is 51.2 Å². The molecule has 0 aliphatic carbocycles. The number of hydrogen-bond donors (Lipinski definition) is 1. The van der Waals surface area contributed by atoms with Gasteiger partial charge in [0, 0.05) is 15.0 Å². The van der Waals surface area contributed by atoms with Crippen LogP contribution in [0.2, 0.25) is 0 Å². The lowest BCUT2D eigenvalue weighted by Crippen LogP contribution is -2.36. The summed E-state index contributed by atoms with van der Waals surface area (Å²) in [7, 11) is 0. The average molecular weight is 439 g/mol. The summed E-state index contributed by atoms with van der Waals surface area (Å²) in [5, 5.41) is 4.70. The number of anilines is 1. The number of halogens is 1. The maximum Gasteiger partial charge on any atom is 0.266 e. The van der Waals surface area contributed by atoms with Gasteiger partial charge in [-0.2, -0.15) is 0 Å². The summed E-state index contributed by atoms with van der Waals surface area (Å²) in [4.78, 5) is 27.5. The lowest BCUT2D eigenvalue weighted by molar-refractivity contribution is -0.126. The Balaban J connectivity index is 1.66. The Morgan fingerprint density at radius 2 is 2.04 bits per heavy atom. The normalized spacial score (nSPS) is 16.0. The Labute approximate surface area is 161 Å². The monoisotopic (exact) mass is 438 g/mol. The number of thiophene rings is 1. The zero-order chi connectivity index (χ0) is 17.1. The lowest BCUT2D eigenvalue weighted by atomic mass is 10.3. The number of rotatable bonds is 4. The number of thiocarbonyl (C=S) groups is 1. The van der Waals surface area contributed by atoms with Gasteiger partial charge in [0.15, 0.2) is 0 Å². The first kappa shape index (κ1) is 17.3. The molecule has 2 heterocycles. The minimum atomic E-state index is -0.286. The summed E-state index contributed by atoms with van der Waals surface area (Å²) in [6.07, 6.45) is 1.80. The molecule has 0 spiro atoms. The molecule has 122 valence electrons. The van der Waals surface area contributed by atoms with Crippen LogP contribution in [0.4, 0.5) is 5.69 Å². The van der Waals surface area contributed by atoms with Crippen molar-refractivity contribution in [2.24, 2.45) is 0 Å². The molecule has 0 unspecified atom stereocenters. The van der Waals surface area contributed by atoms with E-state index in [9.17, 15) is 9.59 Å². The minimum Gasteiger partial charge on any atom is -0.325 e. The summed E-state index contributed by atoms with van der Waals surface area (Å²) in [5.41, 5.74) is 0.669. The topological polar surface area (TPSA) is 49.4 Å². The number of nitrogens with zero attached hydrogens (tertiary/aromatic N) is 1. The molecule has 1 aliphatic heterocycles. The summed E-state index contributed by atoms with van der Waals surface area (Å²) in [6.45, 7) is -0.0947. The quantitative estimate of drug-likeness (QED) is 0.569. The van der Waals surface area contributed by atoms with Crippen molar-refractivity contribution in [1.82, 2.24) is 4.90 Å². The van der Waals surface area contributed by atoms with Gasteiger partial charge in [-0.25, -0.2) is 0 Å². The standard InChI is InChI=1S/C16H11BrN2O2S3/c17-10-3-5-11(6-4-10)18-14(20)9-19-15(21)13(24-16(19)22)8-12-2-1-7-23-12/h1-8H,9H2,(H,18,20). The fraction of sp³-hybridized carbons (Fsp3) is 0.0625. The maximum absolute atomic E-state index is 12.4. The zero-order valence-corrected chi connectivity index (χ0v) is 16.2. The first-order chi connectivity index (χ1) is 11.5. The molecule has 1 N–H and O–H groups in total. The Morgan fingerprint density at radius 3 is 2.71 bits per heavy atom. The fourth-order valence-corrected chi connectivity index (χ4v) is 4.26. The molecule has 1 fully saturated rings. The molecule has 2 aromatic rings. The van der Waals surface area contributed by atoms with Crippen LogP contribution < -0.4 is 5.32 Å². The second-order valence-corrected chi connectivity index (χ2v) is 8.41. The summed E-state index contributed by atoms with van der Waals surface area (Å²) in [6, 6.07) is 11.1. The van der Waals surface area contributed by atoms with Crippen LogP contribution in [0.25, 0.3) is 6.08 Å². The zero-order valence-electron chi connectivity index (χ0n) is 12.2. The van der Waals surface area contributed by atoms with Gasteiger partial charge in [0.25, 0.3) is 5.91 Å². The third-order valence-corrected chi connectivity index (χ3v) is 5.85. The number of nitrogens with one attached hydrogen (secondary N) is 1. The predicted molar refractivity (Wildman–Crippen MR) is 107 cm³/mol. The van der Waals surface area contributed by atoms with Crippen molar-refractivity contribution in [3.63, 3.8) is 0 Å². The van der Waals surface area contributed by atoms with E-state index in [4.69, 9.17) is 12.2 Å². The first-order valence-corrected chi connectivity index (χ1v) is 9.77. The highest BCUT2D eigenvalue weighted by Crippen LogP contribution is 2.33. The van der Waals surface area contributed by atoms with Crippen LogP contribution in [-0.4, -0.2) is 27.6 Å². The molecule has 2 amide bonds. The number of amides is 2. The van der Waals surface area contributed by atoms with Crippen molar-refractivity contribution in [2.45, 2.75) is 0 Å². The van der Waals surface area contributed by atoms with Crippen LogP contribution in [0.15, 0.2) is 51.2 Å². The van der Waals surface area contributed by atoms with Gasteiger partial charge in [-0.3, -0.25) is 14.5 Å². The highest BCUT2D eigenvalue weighted by molar-refractivity contribution is 9.10. The first-order valence-electron chi connectivity index (χ1n) is 6.87. The summed E-state index contributed by atoms with van der Waals surface area (Å²) in [5.74, 6) is -0.518. The van der Waals surface area contributed by atoms with E-state index in [1.54, 1.807) is 29.5 Å². The van der Waals surface area contributed by atoms with E-state index in [2.05, 4.69) is 21.2 Å². The minimum absolute atomic E-state index is 0.0947. The van der Waals surface area contributed by atoms with E-state index in [0.29, 0.717) is 14.9 Å². The third-order valence-electron chi connectivity index (χ3n) is 3.12. The molecule has 8 heteroatoms. The van der Waals surface area contributed by atoms with E-state index in [-0.39, 0.29) is 18.4 Å². The largest absolute Gasteiger partial charge is 0.325 e. The van der Waals surface area contributed by atoms with Crippen LogP contribution in [0.1, 0.15) is 4.88 Å². The highest BCUT2D eigenvalue weighted by Gasteiger charge is 2.33. The number of benzene rings is 1. The Morgan fingerprint density at radius 1 is 1.29 bits per heavy atom. The Hall–Kier alpha value is -1.48. The predicted octanol–water partition coefficient (Wildman–Crippen LogP) is 4.35. The van der Waals surface area contributed by atoms with E-state index in [1.165, 1.54) is 16.7 Å². The number of carbonyl (C=O) groups excluding carboxylic acids is 2. The molecule has 0 atom stereocenters. The lowest BCUT2D eigenvalue weighted by Gasteiger charge is -2.14. The molecular formula is C16H11BrN2O2S3. The Kier molecular flexibility index (Phi) is 5.50. The van der Waals surface area contributed by atoms with Crippen molar-refractivity contribution in [1.29, 1.82) is 0 Å². The summed E-state index contributed by atoms with van der Waals surface area (Å²) >= 11 is 11.3. The second kappa shape index (κ2) is 7.60. The smallest absolute Gasteiger partial charge is 0.266 e. The second-order valence-electron chi connectivity index (χ2n) is 4.84. The van der Waals surface area contributed by atoms with Crippen LogP contribution in [0.5, 0.6) is 0 Å². The fourth-order valence-electron chi connectivity index (χ4n) is 2.02. The van der Waals surface area contributed by atoms with E-state index >= 15 is 0 Å². The molecule has 1 aromatic carbocycles. The highest BCUT2D eigenvalue weighted by atomic mass is 79.9. The molecule has 3 rings (SSSR count). The van der Waals surface area contributed by atoms with E-state index < -0.39 is 0 Å². The van der Waals surface area contributed by atoms with Gasteiger partial charge in [-0.05, 0) is 41.8 Å². The van der Waals surface area contributed by atoms with Crippen LogP contribution in [-0.2, 0) is 9.59 Å². The van der Waals surface area contributed by atoms with Gasteiger partial charge in [0.1, 0.15) is 10.9 Å². The molecule has 4 nitrogen and oxygen atoms in total. The number of thioether (sulfide) groups is 1. The van der Waals surface area contributed by atoms with Crippen molar-refractivity contribution in [3.05, 3.63) is 56.0 Å². The van der Waals surface area contributed by atoms with E-state index in [0.717, 1.165) is 9.35 Å². The molecule has 0 saturated carbocycles. The number of hydrogen-bond acceptors (Lipinski definition) is 5. The molecule has 1 saturated heterocycles. The van der Waals surface area contributed by atoms with Gasteiger partial charge in [-0.1, -0.05) is 46.0 Å². The summed E-state index contributed by atoms with van der Waals surface area (Å²) < 4.78 is 1.32. The average Bonchev–Trinajstić information content (AvgIpc) is 3.14. The number of carbonyl (C=O) groups is 2. The molecular weight excluding hydrogens is 428 g/mol. The van der Waals surface area contributed by atoms with Gasteiger partial charge >= 0.3 is 0 Å². The van der Waals surface area contributed by atoms with Crippen molar-refractivity contribution in [3.8, 4) is 0 Å². The van der Waals surface area contributed by atoms with Gasteiger partial charge in [0.2, 0.25) is 5.91 Å². The van der Waals surface area contributed by atoms with Gasteiger partial charge < -0.3 is 5.32 Å². The SMILES string of the molecule is O=C(CN1C(=O)C(=Cc2cccs2)SC1=S)Nc1ccc(Br)cc1. The molecule has 0 radical (unpaired) electrons. The third kappa shape index (κ3) is 4.13. The van der Waals surface area contributed by atoms with Crippen molar-refractivity contribution >= 4 is 79.1 Å². The molecule has 0 bridgehead atoms. The maximum atomic E-state index is 12.4. The van der Waals surface area contributed by atoms with Gasteiger partial charge in [-0.15, -0.1) is 11.3 Å². The molecule has 1 aliphatic rings.